The van der Waals surface area contributed by atoms with Gasteiger partial charge in [-0.2, -0.15) is 0 Å². The summed E-state index contributed by atoms with van der Waals surface area (Å²) < 4.78 is 5.59. The minimum Gasteiger partial charge on any atom is -0.366 e. The van der Waals surface area contributed by atoms with Gasteiger partial charge in [0.15, 0.2) is 0 Å². The van der Waals surface area contributed by atoms with Crippen molar-refractivity contribution in [3.8, 4) is 0 Å². The van der Waals surface area contributed by atoms with Crippen LogP contribution in [-0.4, -0.2) is 49.4 Å². The van der Waals surface area contributed by atoms with Crippen molar-refractivity contribution in [1.29, 1.82) is 0 Å². The summed E-state index contributed by atoms with van der Waals surface area (Å²) in [4.78, 5) is 6.45. The molecule has 0 amide bonds. The van der Waals surface area contributed by atoms with Crippen LogP contribution in [-0.2, 0) is 11.2 Å². The van der Waals surface area contributed by atoms with Crippen LogP contribution in [0.1, 0.15) is 12.0 Å². The van der Waals surface area contributed by atoms with Crippen molar-refractivity contribution >= 4 is 0 Å². The molecule has 1 N–H and O–H groups in total. The lowest BCUT2D eigenvalue weighted by Gasteiger charge is -2.33. The van der Waals surface area contributed by atoms with Crippen molar-refractivity contribution in [3.05, 3.63) is 30.1 Å². The lowest BCUT2D eigenvalue weighted by Crippen LogP contribution is -2.49. The zero-order valence-corrected chi connectivity index (χ0v) is 10.4. The molecule has 2 heterocycles. The Morgan fingerprint density at radius 2 is 2.06 bits per heavy atom. The number of pyridine rings is 1. The molecular formula is C13H21N3O. The molecule has 2 rings (SSSR count). The van der Waals surface area contributed by atoms with Gasteiger partial charge in [0.2, 0.25) is 0 Å². The number of hydrogen-bond donors (Lipinski definition) is 1. The van der Waals surface area contributed by atoms with Gasteiger partial charge in [-0.05, 0) is 30.5 Å². The number of aryl methyl sites for hydroxylation is 1. The lowest BCUT2D eigenvalue weighted by atomic mass is 10.1. The molecule has 17 heavy (non-hydrogen) atoms. The van der Waals surface area contributed by atoms with E-state index in [1.807, 2.05) is 12.4 Å². The zero-order chi connectivity index (χ0) is 11.9. The van der Waals surface area contributed by atoms with Crippen molar-refractivity contribution in [2.24, 2.45) is 0 Å². The number of nitrogens with one attached hydrogen (secondary N) is 1. The van der Waals surface area contributed by atoms with Crippen molar-refractivity contribution in [1.82, 2.24) is 15.2 Å². The molecule has 1 unspecified atom stereocenters. The van der Waals surface area contributed by atoms with E-state index in [9.17, 15) is 0 Å². The summed E-state index contributed by atoms with van der Waals surface area (Å²) >= 11 is 0. The average Bonchev–Trinajstić information content (AvgIpc) is 2.42. The second kappa shape index (κ2) is 6.69. The Kier molecular flexibility index (Phi) is 4.91. The van der Waals surface area contributed by atoms with Gasteiger partial charge in [-0.1, -0.05) is 0 Å². The summed E-state index contributed by atoms with van der Waals surface area (Å²) in [5.74, 6) is 0. The molecule has 4 heteroatoms. The fourth-order valence-corrected chi connectivity index (χ4v) is 2.26. The van der Waals surface area contributed by atoms with E-state index < -0.39 is 0 Å². The SMILES string of the molecule is COC(CCc1ccncc1)N1CCNCC1. The standard InChI is InChI=1S/C13H21N3O/c1-17-13(16-10-8-15-9-11-16)3-2-12-4-6-14-7-5-12/h4-7,13,15H,2-3,8-11H2,1H3. The molecule has 0 aliphatic carbocycles. The largest absolute Gasteiger partial charge is 0.366 e. The Balaban J connectivity index is 1.82. The molecule has 0 spiro atoms. The van der Waals surface area contributed by atoms with E-state index in [0.717, 1.165) is 39.0 Å². The van der Waals surface area contributed by atoms with Crippen LogP contribution < -0.4 is 5.32 Å². The minimum atomic E-state index is 0.241. The summed E-state index contributed by atoms with van der Waals surface area (Å²) in [5, 5.41) is 3.36. The summed E-state index contributed by atoms with van der Waals surface area (Å²) in [6.07, 6.45) is 6.03. The second-order valence-corrected chi connectivity index (χ2v) is 4.37. The highest BCUT2D eigenvalue weighted by Crippen LogP contribution is 2.11. The monoisotopic (exact) mass is 235 g/mol. The van der Waals surface area contributed by atoms with E-state index in [2.05, 4.69) is 27.3 Å². The fraction of sp³-hybridized carbons (Fsp3) is 0.615. The highest BCUT2D eigenvalue weighted by atomic mass is 16.5. The van der Waals surface area contributed by atoms with Crippen LogP contribution in [0.15, 0.2) is 24.5 Å². The van der Waals surface area contributed by atoms with Gasteiger partial charge in [0.25, 0.3) is 0 Å². The normalized spacial score (nSPS) is 19.1. The second-order valence-electron chi connectivity index (χ2n) is 4.37. The quantitative estimate of drug-likeness (QED) is 0.822. The van der Waals surface area contributed by atoms with Gasteiger partial charge in [0.05, 0.1) is 0 Å². The smallest absolute Gasteiger partial charge is 0.110 e. The predicted molar refractivity (Wildman–Crippen MR) is 67.8 cm³/mol. The first-order valence-corrected chi connectivity index (χ1v) is 6.26. The molecule has 0 radical (unpaired) electrons. The average molecular weight is 235 g/mol. The van der Waals surface area contributed by atoms with E-state index >= 15 is 0 Å². The molecular weight excluding hydrogens is 214 g/mol. The van der Waals surface area contributed by atoms with Crippen LogP contribution >= 0.6 is 0 Å². The Labute approximate surface area is 103 Å². The van der Waals surface area contributed by atoms with E-state index in [1.165, 1.54) is 5.56 Å². The number of rotatable bonds is 5. The number of ether oxygens (including phenoxy) is 1. The molecule has 1 aliphatic heterocycles. The molecule has 0 saturated carbocycles. The topological polar surface area (TPSA) is 37.4 Å². The van der Waals surface area contributed by atoms with E-state index in [0.29, 0.717) is 0 Å². The molecule has 94 valence electrons. The molecule has 1 aromatic rings. The van der Waals surface area contributed by atoms with E-state index in [1.54, 1.807) is 7.11 Å². The third-order valence-electron chi connectivity index (χ3n) is 3.26. The van der Waals surface area contributed by atoms with Crippen molar-refractivity contribution in [3.63, 3.8) is 0 Å². The predicted octanol–water partition coefficient (Wildman–Crippen LogP) is 0.892. The Bertz CT molecular complexity index is 312. The third kappa shape index (κ3) is 3.77. The maximum Gasteiger partial charge on any atom is 0.110 e. The maximum absolute atomic E-state index is 5.59. The molecule has 1 saturated heterocycles. The molecule has 4 nitrogen and oxygen atoms in total. The van der Waals surface area contributed by atoms with Gasteiger partial charge in [-0.25, -0.2) is 0 Å². The third-order valence-corrected chi connectivity index (χ3v) is 3.26. The van der Waals surface area contributed by atoms with Crippen molar-refractivity contribution in [2.45, 2.75) is 19.1 Å². The molecule has 1 aromatic heterocycles. The summed E-state index contributed by atoms with van der Waals surface area (Å²) in [6.45, 7) is 4.29. The van der Waals surface area contributed by atoms with E-state index in [4.69, 9.17) is 4.74 Å². The van der Waals surface area contributed by atoms with Gasteiger partial charge < -0.3 is 10.1 Å². The van der Waals surface area contributed by atoms with Gasteiger partial charge >= 0.3 is 0 Å². The zero-order valence-electron chi connectivity index (χ0n) is 10.4. The minimum absolute atomic E-state index is 0.241. The van der Waals surface area contributed by atoms with Crippen LogP contribution in [0.5, 0.6) is 0 Å². The number of methoxy groups -OCH3 is 1. The summed E-state index contributed by atoms with van der Waals surface area (Å²) in [7, 11) is 1.80. The molecule has 0 bridgehead atoms. The van der Waals surface area contributed by atoms with Crippen LogP contribution in [0.25, 0.3) is 0 Å². The Morgan fingerprint density at radius 1 is 1.35 bits per heavy atom. The number of hydrogen-bond acceptors (Lipinski definition) is 4. The van der Waals surface area contributed by atoms with Crippen LogP contribution in [0.4, 0.5) is 0 Å². The van der Waals surface area contributed by atoms with Gasteiger partial charge in [-0.15, -0.1) is 0 Å². The van der Waals surface area contributed by atoms with Crippen LogP contribution in [0.3, 0.4) is 0 Å². The number of nitrogens with zero attached hydrogens (tertiary/aromatic N) is 2. The molecule has 1 atom stereocenters. The maximum atomic E-state index is 5.59. The summed E-state index contributed by atoms with van der Waals surface area (Å²) in [5.41, 5.74) is 1.33. The first kappa shape index (κ1) is 12.5. The van der Waals surface area contributed by atoms with Crippen molar-refractivity contribution < 1.29 is 4.74 Å². The number of piperazine rings is 1. The summed E-state index contributed by atoms with van der Waals surface area (Å²) in [6, 6.07) is 4.15. The van der Waals surface area contributed by atoms with Gasteiger partial charge in [-0.3, -0.25) is 9.88 Å². The van der Waals surface area contributed by atoms with Crippen LogP contribution in [0, 0.1) is 0 Å². The lowest BCUT2D eigenvalue weighted by molar-refractivity contribution is -0.0423. The number of aromatic nitrogens is 1. The highest BCUT2D eigenvalue weighted by molar-refractivity contribution is 5.09. The Hall–Kier alpha value is -0.970. The first-order chi connectivity index (χ1) is 8.40. The molecule has 1 aliphatic rings. The first-order valence-electron chi connectivity index (χ1n) is 6.26. The Morgan fingerprint density at radius 3 is 2.71 bits per heavy atom. The van der Waals surface area contributed by atoms with E-state index in [-0.39, 0.29) is 6.23 Å². The molecule has 0 aromatic carbocycles. The highest BCUT2D eigenvalue weighted by Gasteiger charge is 2.19. The van der Waals surface area contributed by atoms with Gasteiger partial charge in [0.1, 0.15) is 6.23 Å². The van der Waals surface area contributed by atoms with Crippen molar-refractivity contribution in [2.75, 3.05) is 33.3 Å². The fourth-order valence-electron chi connectivity index (χ4n) is 2.26. The van der Waals surface area contributed by atoms with Crippen LogP contribution in [0.2, 0.25) is 0 Å². The van der Waals surface area contributed by atoms with Gasteiger partial charge in [0, 0.05) is 45.7 Å². The molecule has 1 fully saturated rings.